The lowest BCUT2D eigenvalue weighted by Crippen LogP contribution is -2.33. The van der Waals surface area contributed by atoms with Crippen LogP contribution in [-0.2, 0) is 19.3 Å². The molecule has 0 amide bonds. The number of halogens is 4. The molecule has 0 radical (unpaired) electrons. The molecule has 166 valence electrons. The standard InChI is InChI=1S/C21H23F4N5O/c1-31-17-11-15(21(23,24)25)12-27-19(17)14-4-8-29(9-5-14)13-18-28-20-16(3-2-7-26-20)30(18)10-6-22/h2-3,7,11-12,14H,4-6,8-10,13H2,1H3/i1-1,22-1. The first-order valence-corrected chi connectivity index (χ1v) is 10.1. The van der Waals surface area contributed by atoms with Gasteiger partial charge in [-0.3, -0.25) is 9.88 Å². The van der Waals surface area contributed by atoms with E-state index >= 15 is 0 Å². The molecule has 31 heavy (non-hydrogen) atoms. The summed E-state index contributed by atoms with van der Waals surface area (Å²) in [6, 6.07) is 4.70. The van der Waals surface area contributed by atoms with Crippen molar-refractivity contribution in [3.05, 3.63) is 47.7 Å². The number of ether oxygens (including phenoxy) is 1. The number of hydrogen-bond donors (Lipinski definition) is 0. The van der Waals surface area contributed by atoms with Gasteiger partial charge in [0.25, 0.3) is 0 Å². The Morgan fingerprint density at radius 2 is 1.97 bits per heavy atom. The number of fused-ring (bicyclic) bond motifs is 1. The van der Waals surface area contributed by atoms with Crippen LogP contribution in [0.3, 0.4) is 0 Å². The van der Waals surface area contributed by atoms with Crippen molar-refractivity contribution < 1.29 is 22.3 Å². The van der Waals surface area contributed by atoms with E-state index in [0.717, 1.165) is 49.5 Å². The molecule has 4 heterocycles. The van der Waals surface area contributed by atoms with Gasteiger partial charge in [0, 0.05) is 18.3 Å². The second kappa shape index (κ2) is 8.78. The van der Waals surface area contributed by atoms with Gasteiger partial charge in [0.2, 0.25) is 0 Å². The van der Waals surface area contributed by atoms with Crippen molar-refractivity contribution in [2.75, 3.05) is 26.9 Å². The van der Waals surface area contributed by atoms with Gasteiger partial charge in [0.05, 0.1) is 37.0 Å². The van der Waals surface area contributed by atoms with Crippen LogP contribution in [-0.4, -0.2) is 51.3 Å². The molecule has 3 aromatic rings. The maximum atomic E-state index is 13.1. The zero-order valence-corrected chi connectivity index (χ0v) is 17.1. The number of alkyl halides is 4. The van der Waals surface area contributed by atoms with Gasteiger partial charge in [0.1, 0.15) is 18.2 Å². The summed E-state index contributed by atoms with van der Waals surface area (Å²) in [6.07, 6.45) is -0.458. The fraction of sp³-hybridized carbons (Fsp3) is 0.476. The SMILES string of the molecule is [11CH3]Oc1cc(C(F)(F)F)cnc1C1CCN(Cc2nc3ncccc3n2CC[18F])CC1. The summed E-state index contributed by atoms with van der Waals surface area (Å²) in [5.41, 5.74) is 1.15. The van der Waals surface area contributed by atoms with Crippen LogP contribution in [0.1, 0.15) is 35.8 Å². The Balaban J connectivity index is 1.46. The first kappa shape index (κ1) is 21.5. The van der Waals surface area contributed by atoms with Gasteiger partial charge in [-0.15, -0.1) is 0 Å². The number of nitrogens with zero attached hydrogens (tertiary/aromatic N) is 5. The van der Waals surface area contributed by atoms with E-state index in [0.29, 0.717) is 17.9 Å². The minimum atomic E-state index is -4.46. The van der Waals surface area contributed by atoms with Crippen molar-refractivity contribution in [1.29, 1.82) is 0 Å². The van der Waals surface area contributed by atoms with Crippen LogP contribution in [0.2, 0.25) is 0 Å². The van der Waals surface area contributed by atoms with Crippen LogP contribution in [0.5, 0.6) is 5.75 Å². The molecule has 0 spiro atoms. The quantitative estimate of drug-likeness (QED) is 0.543. The maximum absolute atomic E-state index is 13.1. The highest BCUT2D eigenvalue weighted by Gasteiger charge is 2.33. The lowest BCUT2D eigenvalue weighted by atomic mass is 9.92. The molecule has 1 aliphatic rings. The third kappa shape index (κ3) is 4.48. The smallest absolute Gasteiger partial charge is 0.418 e. The maximum Gasteiger partial charge on any atom is 0.418 e. The predicted octanol–water partition coefficient (Wildman–Crippen LogP) is 4.20. The van der Waals surface area contributed by atoms with Gasteiger partial charge in [-0.2, -0.15) is 13.2 Å². The summed E-state index contributed by atoms with van der Waals surface area (Å²) in [7, 11) is 1.36. The average Bonchev–Trinajstić information content (AvgIpc) is 3.10. The lowest BCUT2D eigenvalue weighted by Gasteiger charge is -2.32. The fourth-order valence-electron chi connectivity index (χ4n) is 4.11. The van der Waals surface area contributed by atoms with Crippen molar-refractivity contribution in [2.45, 2.75) is 38.0 Å². The minimum Gasteiger partial charge on any atom is -0.495 e. The number of methoxy groups -OCH3 is 1. The number of aryl methyl sites for hydroxylation is 1. The van der Waals surface area contributed by atoms with Gasteiger partial charge in [-0.05, 0) is 44.1 Å². The van der Waals surface area contributed by atoms with Crippen LogP contribution < -0.4 is 4.74 Å². The molecule has 1 fully saturated rings. The fourth-order valence-corrected chi connectivity index (χ4v) is 4.11. The van der Waals surface area contributed by atoms with Gasteiger partial charge < -0.3 is 9.30 Å². The molecule has 0 N–H and O–H groups in total. The van der Waals surface area contributed by atoms with Gasteiger partial charge in [-0.25, -0.2) is 14.4 Å². The van der Waals surface area contributed by atoms with Crippen LogP contribution in [0.15, 0.2) is 30.6 Å². The highest BCUT2D eigenvalue weighted by Crippen LogP contribution is 2.37. The highest BCUT2D eigenvalue weighted by atomic mass is 19.4. The van der Waals surface area contributed by atoms with E-state index < -0.39 is 18.4 Å². The normalized spacial score (nSPS) is 16.2. The van der Waals surface area contributed by atoms with Crippen molar-refractivity contribution in [1.82, 2.24) is 24.4 Å². The molecule has 0 aliphatic carbocycles. The largest absolute Gasteiger partial charge is 0.495 e. The van der Waals surface area contributed by atoms with Crippen molar-refractivity contribution >= 4 is 11.2 Å². The third-order valence-corrected chi connectivity index (χ3v) is 5.68. The van der Waals surface area contributed by atoms with Gasteiger partial charge in [0.15, 0.2) is 5.65 Å². The number of rotatable bonds is 6. The molecule has 0 saturated carbocycles. The Morgan fingerprint density at radius 1 is 1.19 bits per heavy atom. The molecule has 10 heteroatoms. The number of imidazole rings is 1. The summed E-state index contributed by atoms with van der Waals surface area (Å²) in [6.45, 7) is 1.74. The second-order valence-corrected chi connectivity index (χ2v) is 7.57. The third-order valence-electron chi connectivity index (χ3n) is 5.68. The van der Waals surface area contributed by atoms with Crippen LogP contribution in [0.25, 0.3) is 11.2 Å². The number of likely N-dealkylation sites (tertiary alicyclic amines) is 1. The molecule has 1 saturated heterocycles. The molecule has 3 aromatic heterocycles. The predicted molar refractivity (Wildman–Crippen MR) is 107 cm³/mol. The van der Waals surface area contributed by atoms with E-state index in [4.69, 9.17) is 4.74 Å². The molecular formula is C21H23F4N5O. The summed E-state index contributed by atoms with van der Waals surface area (Å²) < 4.78 is 59.0. The summed E-state index contributed by atoms with van der Waals surface area (Å²) in [5, 5.41) is 0. The zero-order chi connectivity index (χ0) is 22.0. The van der Waals surface area contributed by atoms with Crippen LogP contribution >= 0.6 is 0 Å². The Hall–Kier alpha value is -2.75. The van der Waals surface area contributed by atoms with E-state index in [1.54, 1.807) is 12.3 Å². The molecule has 0 bridgehead atoms. The van der Waals surface area contributed by atoms with Crippen molar-refractivity contribution in [2.24, 2.45) is 0 Å². The number of piperidine rings is 1. The van der Waals surface area contributed by atoms with Crippen molar-refractivity contribution in [3.63, 3.8) is 0 Å². The summed E-state index contributed by atoms with van der Waals surface area (Å²) in [4.78, 5) is 15.1. The molecular weight excluding hydrogens is 412 g/mol. The zero-order valence-electron chi connectivity index (χ0n) is 17.1. The van der Waals surface area contributed by atoms with Gasteiger partial charge in [-0.1, -0.05) is 0 Å². The van der Waals surface area contributed by atoms with E-state index in [1.165, 1.54) is 7.11 Å². The summed E-state index contributed by atoms with van der Waals surface area (Å²) >= 11 is 0. The van der Waals surface area contributed by atoms with Crippen LogP contribution in [0.4, 0.5) is 17.6 Å². The van der Waals surface area contributed by atoms with E-state index in [-0.39, 0.29) is 18.2 Å². The molecule has 4 rings (SSSR count). The summed E-state index contributed by atoms with van der Waals surface area (Å²) in [5.74, 6) is 0.943. The molecule has 0 unspecified atom stereocenters. The number of pyridine rings is 2. The van der Waals surface area contributed by atoms with Crippen LogP contribution in [0, 0.1) is 0 Å². The molecule has 0 aromatic carbocycles. The first-order chi connectivity index (χ1) is 14.9. The van der Waals surface area contributed by atoms with E-state index in [2.05, 4.69) is 19.9 Å². The Bertz CT molecular complexity index is 1040. The van der Waals surface area contributed by atoms with E-state index in [1.807, 2.05) is 10.6 Å². The minimum absolute atomic E-state index is 0.0137. The highest BCUT2D eigenvalue weighted by molar-refractivity contribution is 5.71. The Labute approximate surface area is 176 Å². The number of aromatic nitrogens is 4. The average molecular weight is 435 g/mol. The van der Waals surface area contributed by atoms with Crippen molar-refractivity contribution in [3.8, 4) is 5.75 Å². The van der Waals surface area contributed by atoms with Gasteiger partial charge >= 0.3 is 6.18 Å². The topological polar surface area (TPSA) is 56.1 Å². The second-order valence-electron chi connectivity index (χ2n) is 7.57. The molecule has 1 aliphatic heterocycles. The Morgan fingerprint density at radius 3 is 2.65 bits per heavy atom. The van der Waals surface area contributed by atoms with E-state index in [9.17, 15) is 17.6 Å². The Kier molecular flexibility index (Phi) is 6.08. The first-order valence-electron chi connectivity index (χ1n) is 10.1. The lowest BCUT2D eigenvalue weighted by molar-refractivity contribution is -0.138. The number of hydrogen-bond acceptors (Lipinski definition) is 5. The molecule has 6 nitrogen and oxygen atoms in total. The monoisotopic (exact) mass is 435 g/mol. The molecule has 0 atom stereocenters.